The molecule has 2 rings (SSSR count). The van der Waals surface area contributed by atoms with Gasteiger partial charge in [-0.1, -0.05) is 0 Å². The highest BCUT2D eigenvalue weighted by Crippen LogP contribution is 2.24. The van der Waals surface area contributed by atoms with E-state index < -0.39 is 0 Å². The van der Waals surface area contributed by atoms with Crippen LogP contribution in [0.25, 0.3) is 10.1 Å². The van der Waals surface area contributed by atoms with E-state index in [2.05, 4.69) is 9.36 Å². The van der Waals surface area contributed by atoms with Crippen molar-refractivity contribution in [3.63, 3.8) is 0 Å². The van der Waals surface area contributed by atoms with Crippen LogP contribution >= 0.6 is 11.5 Å². The van der Waals surface area contributed by atoms with E-state index in [0.717, 1.165) is 15.8 Å². The largest absolute Gasteiger partial charge is 0.383 e. The molecule has 0 bridgehead atoms. The van der Waals surface area contributed by atoms with Crippen LogP contribution in [-0.4, -0.2) is 9.36 Å². The van der Waals surface area contributed by atoms with Crippen molar-refractivity contribution >= 4 is 27.4 Å². The van der Waals surface area contributed by atoms with Gasteiger partial charge in [0.2, 0.25) is 0 Å². The predicted molar refractivity (Wildman–Crippen MR) is 46.6 cm³/mol. The zero-order valence-corrected chi connectivity index (χ0v) is 6.85. The van der Waals surface area contributed by atoms with E-state index in [1.54, 1.807) is 6.20 Å². The highest BCUT2D eigenvalue weighted by molar-refractivity contribution is 7.13. The molecule has 0 spiro atoms. The molecule has 2 aromatic rings. The van der Waals surface area contributed by atoms with Crippen molar-refractivity contribution in [3.05, 3.63) is 18.0 Å². The fraction of sp³-hybridized carbons (Fsp3) is 0.143. The molecule has 2 heterocycles. The minimum atomic E-state index is 0.578. The van der Waals surface area contributed by atoms with Crippen LogP contribution in [-0.2, 0) is 0 Å². The van der Waals surface area contributed by atoms with E-state index in [4.69, 9.17) is 5.73 Å². The maximum Gasteiger partial charge on any atom is 0.133 e. The minimum absolute atomic E-state index is 0.578. The number of nitrogen functional groups attached to an aromatic ring is 1. The highest BCUT2D eigenvalue weighted by atomic mass is 32.1. The quantitative estimate of drug-likeness (QED) is 0.644. The van der Waals surface area contributed by atoms with Gasteiger partial charge in [0.1, 0.15) is 5.82 Å². The van der Waals surface area contributed by atoms with Crippen molar-refractivity contribution in [2.24, 2.45) is 0 Å². The summed E-state index contributed by atoms with van der Waals surface area (Å²) in [5.74, 6) is 0.578. The summed E-state index contributed by atoms with van der Waals surface area (Å²) in [7, 11) is 0. The Hall–Kier alpha value is -1.16. The van der Waals surface area contributed by atoms with Crippen molar-refractivity contribution in [2.75, 3.05) is 5.73 Å². The van der Waals surface area contributed by atoms with Crippen molar-refractivity contribution in [1.29, 1.82) is 0 Å². The van der Waals surface area contributed by atoms with E-state index >= 15 is 0 Å². The van der Waals surface area contributed by atoms with Gasteiger partial charge in [0.15, 0.2) is 0 Å². The summed E-state index contributed by atoms with van der Waals surface area (Å²) < 4.78 is 5.28. The smallest absolute Gasteiger partial charge is 0.133 e. The maximum absolute atomic E-state index is 5.66. The Labute approximate surface area is 68.0 Å². The van der Waals surface area contributed by atoms with E-state index in [0.29, 0.717) is 5.82 Å². The molecule has 2 aromatic heterocycles. The summed E-state index contributed by atoms with van der Waals surface area (Å²) >= 11 is 1.46. The molecule has 0 fully saturated rings. The van der Waals surface area contributed by atoms with Gasteiger partial charge in [-0.25, -0.2) is 4.98 Å². The Bertz CT molecular complexity index is 393. The first kappa shape index (κ1) is 6.54. The molecule has 0 atom stereocenters. The number of nitrogens with zero attached hydrogens (tertiary/aromatic N) is 2. The lowest BCUT2D eigenvalue weighted by atomic mass is 10.3. The van der Waals surface area contributed by atoms with Gasteiger partial charge in [-0.2, -0.15) is 4.37 Å². The number of rotatable bonds is 0. The van der Waals surface area contributed by atoms with Crippen LogP contribution in [0.5, 0.6) is 0 Å². The third-order valence-electron chi connectivity index (χ3n) is 1.58. The summed E-state index contributed by atoms with van der Waals surface area (Å²) in [6.07, 6.45) is 1.70. The SMILES string of the molecule is Cc1nsc2ccnc(N)c12. The number of anilines is 1. The van der Waals surface area contributed by atoms with Gasteiger partial charge < -0.3 is 5.73 Å². The van der Waals surface area contributed by atoms with Crippen LogP contribution < -0.4 is 5.73 Å². The molecule has 0 amide bonds. The van der Waals surface area contributed by atoms with E-state index in [9.17, 15) is 0 Å². The van der Waals surface area contributed by atoms with Gasteiger partial charge in [0, 0.05) is 6.20 Å². The Morgan fingerprint density at radius 1 is 1.55 bits per heavy atom. The van der Waals surface area contributed by atoms with Gasteiger partial charge in [0.25, 0.3) is 0 Å². The van der Waals surface area contributed by atoms with Crippen LogP contribution in [0.1, 0.15) is 5.69 Å². The summed E-state index contributed by atoms with van der Waals surface area (Å²) in [6.45, 7) is 1.94. The first-order valence-electron chi connectivity index (χ1n) is 3.25. The number of hydrogen-bond acceptors (Lipinski definition) is 4. The van der Waals surface area contributed by atoms with Gasteiger partial charge >= 0.3 is 0 Å². The summed E-state index contributed by atoms with van der Waals surface area (Å²) in [6, 6.07) is 1.93. The predicted octanol–water partition coefficient (Wildman–Crippen LogP) is 1.58. The second kappa shape index (κ2) is 2.17. The molecule has 11 heavy (non-hydrogen) atoms. The number of aromatic nitrogens is 2. The summed E-state index contributed by atoms with van der Waals surface area (Å²) in [5.41, 5.74) is 6.63. The molecule has 0 aliphatic rings. The van der Waals surface area contributed by atoms with Gasteiger partial charge in [-0.3, -0.25) is 0 Å². The van der Waals surface area contributed by atoms with Crippen LogP contribution in [0.15, 0.2) is 12.3 Å². The maximum atomic E-state index is 5.66. The molecule has 0 saturated heterocycles. The zero-order valence-electron chi connectivity index (χ0n) is 6.03. The fourth-order valence-electron chi connectivity index (χ4n) is 1.06. The van der Waals surface area contributed by atoms with Gasteiger partial charge in [-0.15, -0.1) is 0 Å². The number of nitrogens with two attached hydrogens (primary N) is 1. The van der Waals surface area contributed by atoms with Crippen molar-refractivity contribution in [1.82, 2.24) is 9.36 Å². The number of hydrogen-bond donors (Lipinski definition) is 1. The normalized spacial score (nSPS) is 10.6. The van der Waals surface area contributed by atoms with Crippen LogP contribution in [0.2, 0.25) is 0 Å². The molecule has 0 radical (unpaired) electrons. The third-order valence-corrected chi connectivity index (χ3v) is 2.49. The lowest BCUT2D eigenvalue weighted by molar-refractivity contribution is 1.33. The Morgan fingerprint density at radius 2 is 2.36 bits per heavy atom. The third kappa shape index (κ3) is 0.867. The molecule has 0 aliphatic heterocycles. The average molecular weight is 165 g/mol. The van der Waals surface area contributed by atoms with E-state index in [-0.39, 0.29) is 0 Å². The summed E-state index contributed by atoms with van der Waals surface area (Å²) in [5, 5.41) is 0.998. The molecule has 0 unspecified atom stereocenters. The van der Waals surface area contributed by atoms with Crippen molar-refractivity contribution in [3.8, 4) is 0 Å². The van der Waals surface area contributed by atoms with Crippen molar-refractivity contribution in [2.45, 2.75) is 6.92 Å². The summed E-state index contributed by atoms with van der Waals surface area (Å²) in [4.78, 5) is 3.98. The highest BCUT2D eigenvalue weighted by Gasteiger charge is 2.04. The lowest BCUT2D eigenvalue weighted by Crippen LogP contribution is -1.89. The van der Waals surface area contributed by atoms with Gasteiger partial charge in [0.05, 0.1) is 15.8 Å². The van der Waals surface area contributed by atoms with Crippen LogP contribution in [0, 0.1) is 6.92 Å². The molecule has 0 aliphatic carbocycles. The number of pyridine rings is 1. The molecular formula is C7H7N3S. The molecule has 56 valence electrons. The van der Waals surface area contributed by atoms with Crippen molar-refractivity contribution < 1.29 is 0 Å². The Morgan fingerprint density at radius 3 is 3.09 bits per heavy atom. The number of fused-ring (bicyclic) bond motifs is 1. The molecular weight excluding hydrogens is 158 g/mol. The molecule has 4 heteroatoms. The first-order chi connectivity index (χ1) is 5.29. The molecule has 0 aromatic carbocycles. The lowest BCUT2D eigenvalue weighted by Gasteiger charge is -1.92. The van der Waals surface area contributed by atoms with Crippen LogP contribution in [0.3, 0.4) is 0 Å². The minimum Gasteiger partial charge on any atom is -0.383 e. The monoisotopic (exact) mass is 165 g/mol. The second-order valence-electron chi connectivity index (χ2n) is 2.34. The van der Waals surface area contributed by atoms with Crippen LogP contribution in [0.4, 0.5) is 5.82 Å². The van der Waals surface area contributed by atoms with Gasteiger partial charge in [-0.05, 0) is 24.5 Å². The molecule has 3 nitrogen and oxygen atoms in total. The standard InChI is InChI=1S/C7H7N3S/c1-4-6-5(11-10-4)2-3-9-7(6)8/h2-3H,1H3,(H2,8,9). The molecule has 2 N–H and O–H groups in total. The number of aryl methyl sites for hydroxylation is 1. The van der Waals surface area contributed by atoms with E-state index in [1.807, 2.05) is 13.0 Å². The average Bonchev–Trinajstić information content (AvgIpc) is 2.34. The Balaban J connectivity index is 2.96. The van der Waals surface area contributed by atoms with E-state index in [1.165, 1.54) is 11.5 Å². The second-order valence-corrected chi connectivity index (χ2v) is 3.14. The zero-order chi connectivity index (χ0) is 7.84. The first-order valence-corrected chi connectivity index (χ1v) is 4.03. The fourth-order valence-corrected chi connectivity index (χ4v) is 1.85. The molecule has 0 saturated carbocycles. The topological polar surface area (TPSA) is 51.8 Å². The Kier molecular flexibility index (Phi) is 1.29.